The van der Waals surface area contributed by atoms with Gasteiger partial charge in [0.1, 0.15) is 0 Å². The van der Waals surface area contributed by atoms with Crippen molar-refractivity contribution in [1.29, 1.82) is 0 Å². The molecular weight excluding hydrogens is 192 g/mol. The molecule has 1 atom stereocenters. The van der Waals surface area contributed by atoms with E-state index in [0.717, 1.165) is 5.92 Å². The third-order valence-electron chi connectivity index (χ3n) is 4.31. The summed E-state index contributed by atoms with van der Waals surface area (Å²) in [6.45, 7) is 6.86. The minimum absolute atomic E-state index is 0.489. The Hall–Kier alpha value is -0.780. The van der Waals surface area contributed by atoms with Crippen LogP contribution in [0.1, 0.15) is 57.1 Å². The highest BCUT2D eigenvalue weighted by molar-refractivity contribution is 5.31. The Balaban J connectivity index is 2.33. The van der Waals surface area contributed by atoms with Gasteiger partial charge < -0.3 is 0 Å². The predicted molar refractivity (Wildman–Crippen MR) is 70.8 cm³/mol. The topological polar surface area (TPSA) is 0 Å². The molecule has 0 saturated heterocycles. The number of hydrogen-bond acceptors (Lipinski definition) is 0. The largest absolute Gasteiger partial charge is 0.0654 e. The smallest absolute Gasteiger partial charge is 0.00215 e. The summed E-state index contributed by atoms with van der Waals surface area (Å²) in [6.07, 6.45) is 6.85. The second-order valence-corrected chi connectivity index (χ2v) is 5.40. The summed E-state index contributed by atoms with van der Waals surface area (Å²) in [5, 5.41) is 0. The fourth-order valence-corrected chi connectivity index (χ4v) is 3.22. The van der Waals surface area contributed by atoms with Crippen LogP contribution in [0.2, 0.25) is 0 Å². The van der Waals surface area contributed by atoms with Gasteiger partial charge in [0.05, 0.1) is 0 Å². The zero-order chi connectivity index (χ0) is 11.6. The lowest BCUT2D eigenvalue weighted by Crippen LogP contribution is -2.27. The first kappa shape index (κ1) is 11.7. The summed E-state index contributed by atoms with van der Waals surface area (Å²) < 4.78 is 0. The van der Waals surface area contributed by atoms with E-state index in [1.807, 2.05) is 0 Å². The number of benzene rings is 1. The molecule has 0 heteroatoms. The zero-order valence-electron chi connectivity index (χ0n) is 10.9. The van der Waals surface area contributed by atoms with E-state index in [1.54, 1.807) is 5.56 Å². The molecule has 88 valence electrons. The SMILES string of the molecule is CCCC(CC)(c1ccc(C)cc1)C1CC1. The summed E-state index contributed by atoms with van der Waals surface area (Å²) in [4.78, 5) is 0. The molecule has 0 spiro atoms. The standard InChI is InChI=1S/C16H24/c1-4-12-16(5-2,15-10-11-15)14-8-6-13(3)7-9-14/h6-9,15H,4-5,10-12H2,1-3H3. The molecule has 1 aliphatic rings. The molecule has 1 fully saturated rings. The molecule has 1 aromatic carbocycles. The van der Waals surface area contributed by atoms with Gasteiger partial charge in [0.25, 0.3) is 0 Å². The minimum Gasteiger partial charge on any atom is -0.0654 e. The van der Waals surface area contributed by atoms with Crippen LogP contribution in [0.15, 0.2) is 24.3 Å². The van der Waals surface area contributed by atoms with Gasteiger partial charge in [-0.2, -0.15) is 0 Å². The van der Waals surface area contributed by atoms with Gasteiger partial charge in [-0.3, -0.25) is 0 Å². The van der Waals surface area contributed by atoms with Gasteiger partial charge in [0, 0.05) is 0 Å². The van der Waals surface area contributed by atoms with E-state index in [0.29, 0.717) is 5.41 Å². The van der Waals surface area contributed by atoms with Crippen LogP contribution in [0, 0.1) is 12.8 Å². The van der Waals surface area contributed by atoms with Gasteiger partial charge in [-0.1, -0.05) is 50.1 Å². The molecule has 1 aromatic rings. The lowest BCUT2D eigenvalue weighted by Gasteiger charge is -2.34. The van der Waals surface area contributed by atoms with Crippen molar-refractivity contribution in [3.05, 3.63) is 35.4 Å². The summed E-state index contributed by atoms with van der Waals surface area (Å²) in [7, 11) is 0. The highest BCUT2D eigenvalue weighted by Gasteiger charge is 2.43. The monoisotopic (exact) mass is 216 g/mol. The molecule has 0 amide bonds. The van der Waals surface area contributed by atoms with E-state index in [4.69, 9.17) is 0 Å². The van der Waals surface area contributed by atoms with Crippen molar-refractivity contribution in [3.8, 4) is 0 Å². The van der Waals surface area contributed by atoms with Crippen LogP contribution >= 0.6 is 0 Å². The van der Waals surface area contributed by atoms with Crippen molar-refractivity contribution in [1.82, 2.24) is 0 Å². The third-order valence-corrected chi connectivity index (χ3v) is 4.31. The first-order chi connectivity index (χ1) is 7.73. The van der Waals surface area contributed by atoms with Crippen LogP contribution in [-0.4, -0.2) is 0 Å². The van der Waals surface area contributed by atoms with Gasteiger partial charge in [0.2, 0.25) is 0 Å². The van der Waals surface area contributed by atoms with Crippen LogP contribution < -0.4 is 0 Å². The Morgan fingerprint density at radius 1 is 1.12 bits per heavy atom. The van der Waals surface area contributed by atoms with E-state index < -0.39 is 0 Å². The summed E-state index contributed by atoms with van der Waals surface area (Å²) in [5.74, 6) is 0.958. The highest BCUT2D eigenvalue weighted by Crippen LogP contribution is 2.52. The highest BCUT2D eigenvalue weighted by atomic mass is 14.5. The Kier molecular flexibility index (Phi) is 3.37. The van der Waals surface area contributed by atoms with Crippen LogP contribution in [0.3, 0.4) is 0 Å². The molecule has 0 nitrogen and oxygen atoms in total. The van der Waals surface area contributed by atoms with Crippen molar-refractivity contribution in [3.63, 3.8) is 0 Å². The summed E-state index contributed by atoms with van der Waals surface area (Å²) in [5.41, 5.74) is 3.45. The van der Waals surface area contributed by atoms with Gasteiger partial charge in [-0.15, -0.1) is 0 Å². The molecule has 0 aromatic heterocycles. The maximum absolute atomic E-state index is 2.37. The Labute approximate surface area is 100 Å². The molecule has 1 saturated carbocycles. The maximum Gasteiger partial charge on any atom is -0.00215 e. The minimum atomic E-state index is 0.489. The number of aryl methyl sites for hydroxylation is 1. The Morgan fingerprint density at radius 2 is 1.75 bits per heavy atom. The second kappa shape index (κ2) is 4.61. The lowest BCUT2D eigenvalue weighted by atomic mass is 9.70. The molecule has 16 heavy (non-hydrogen) atoms. The molecule has 1 unspecified atom stereocenters. The van der Waals surface area contributed by atoms with E-state index in [2.05, 4.69) is 45.0 Å². The quantitative estimate of drug-likeness (QED) is 0.660. The molecule has 0 aliphatic heterocycles. The van der Waals surface area contributed by atoms with Gasteiger partial charge in [-0.05, 0) is 49.5 Å². The fourth-order valence-electron chi connectivity index (χ4n) is 3.22. The Morgan fingerprint density at radius 3 is 2.19 bits per heavy atom. The predicted octanol–water partition coefficient (Wildman–Crippen LogP) is 4.85. The molecule has 0 heterocycles. The molecule has 0 radical (unpaired) electrons. The molecule has 1 aliphatic carbocycles. The van der Waals surface area contributed by atoms with E-state index in [9.17, 15) is 0 Å². The van der Waals surface area contributed by atoms with Crippen molar-refractivity contribution >= 4 is 0 Å². The maximum atomic E-state index is 2.37. The normalized spacial score (nSPS) is 19.4. The average molecular weight is 216 g/mol. The lowest BCUT2D eigenvalue weighted by molar-refractivity contribution is 0.325. The molecule has 0 bridgehead atoms. The van der Waals surface area contributed by atoms with Gasteiger partial charge in [0.15, 0.2) is 0 Å². The van der Waals surface area contributed by atoms with Gasteiger partial charge >= 0.3 is 0 Å². The van der Waals surface area contributed by atoms with Crippen LogP contribution in [-0.2, 0) is 5.41 Å². The Bertz CT molecular complexity index is 332. The van der Waals surface area contributed by atoms with Crippen molar-refractivity contribution in [2.24, 2.45) is 5.92 Å². The third kappa shape index (κ3) is 2.03. The van der Waals surface area contributed by atoms with E-state index in [1.165, 1.54) is 37.7 Å². The fraction of sp³-hybridized carbons (Fsp3) is 0.625. The van der Waals surface area contributed by atoms with Crippen LogP contribution in [0.25, 0.3) is 0 Å². The number of hydrogen-bond donors (Lipinski definition) is 0. The summed E-state index contributed by atoms with van der Waals surface area (Å²) >= 11 is 0. The second-order valence-electron chi connectivity index (χ2n) is 5.40. The van der Waals surface area contributed by atoms with Crippen molar-refractivity contribution in [2.75, 3.05) is 0 Å². The number of rotatable bonds is 5. The average Bonchev–Trinajstić information content (AvgIpc) is 3.11. The zero-order valence-corrected chi connectivity index (χ0v) is 10.9. The van der Waals surface area contributed by atoms with Crippen molar-refractivity contribution < 1.29 is 0 Å². The van der Waals surface area contributed by atoms with E-state index in [-0.39, 0.29) is 0 Å². The van der Waals surface area contributed by atoms with E-state index >= 15 is 0 Å². The molecular formula is C16H24. The summed E-state index contributed by atoms with van der Waals surface area (Å²) in [6, 6.07) is 9.29. The first-order valence-corrected chi connectivity index (χ1v) is 6.80. The molecule has 0 N–H and O–H groups in total. The van der Waals surface area contributed by atoms with Crippen molar-refractivity contribution in [2.45, 2.75) is 58.3 Å². The van der Waals surface area contributed by atoms with Crippen LogP contribution in [0.5, 0.6) is 0 Å². The first-order valence-electron chi connectivity index (χ1n) is 6.80. The van der Waals surface area contributed by atoms with Crippen LogP contribution in [0.4, 0.5) is 0 Å². The molecule has 2 rings (SSSR count). The van der Waals surface area contributed by atoms with Gasteiger partial charge in [-0.25, -0.2) is 0 Å².